The summed E-state index contributed by atoms with van der Waals surface area (Å²) in [5.74, 6) is 0.814. The molecule has 5 nitrogen and oxygen atoms in total. The van der Waals surface area contributed by atoms with Crippen molar-refractivity contribution in [2.45, 2.75) is 12.5 Å². The van der Waals surface area contributed by atoms with Gasteiger partial charge in [-0.1, -0.05) is 17.7 Å². The molecule has 2 amide bonds. The molecule has 0 aliphatic rings. The zero-order chi connectivity index (χ0) is 18.9. The van der Waals surface area contributed by atoms with Crippen LogP contribution in [-0.2, 0) is 4.79 Å². The van der Waals surface area contributed by atoms with E-state index in [9.17, 15) is 9.59 Å². The molecule has 0 spiro atoms. The van der Waals surface area contributed by atoms with Crippen molar-refractivity contribution in [3.05, 3.63) is 59.1 Å². The van der Waals surface area contributed by atoms with Gasteiger partial charge in [-0.2, -0.15) is 11.8 Å². The van der Waals surface area contributed by atoms with E-state index in [2.05, 4.69) is 10.6 Å². The molecule has 0 fully saturated rings. The van der Waals surface area contributed by atoms with Crippen LogP contribution in [-0.4, -0.2) is 37.0 Å². The fourth-order valence-corrected chi connectivity index (χ4v) is 2.87. The number of rotatable bonds is 8. The number of carbonyl (C=O) groups excluding carboxylic acids is 2. The van der Waals surface area contributed by atoms with Crippen LogP contribution in [0.4, 0.5) is 5.69 Å². The Balaban J connectivity index is 2.08. The Morgan fingerprint density at radius 2 is 1.92 bits per heavy atom. The van der Waals surface area contributed by atoms with Gasteiger partial charge in [-0.25, -0.2) is 0 Å². The molecule has 0 bridgehead atoms. The van der Waals surface area contributed by atoms with E-state index in [4.69, 9.17) is 16.3 Å². The molecule has 0 unspecified atom stereocenters. The Hall–Kier alpha value is -2.18. The summed E-state index contributed by atoms with van der Waals surface area (Å²) in [5, 5.41) is 6.18. The summed E-state index contributed by atoms with van der Waals surface area (Å²) in [4.78, 5) is 25.1. The van der Waals surface area contributed by atoms with E-state index in [0.29, 0.717) is 28.4 Å². The first-order valence-electron chi connectivity index (χ1n) is 8.03. The predicted octanol–water partition coefficient (Wildman–Crippen LogP) is 3.84. The number of thioether (sulfide) groups is 1. The summed E-state index contributed by atoms with van der Waals surface area (Å²) in [6.07, 6.45) is 2.48. The first-order chi connectivity index (χ1) is 12.5. The number of amides is 2. The number of anilines is 1. The van der Waals surface area contributed by atoms with E-state index >= 15 is 0 Å². The van der Waals surface area contributed by atoms with Gasteiger partial charge < -0.3 is 15.4 Å². The molecule has 138 valence electrons. The molecule has 0 aliphatic heterocycles. The fraction of sp³-hybridized carbons (Fsp3) is 0.263. The highest BCUT2D eigenvalue weighted by Gasteiger charge is 2.21. The maximum atomic E-state index is 12.6. The van der Waals surface area contributed by atoms with Crippen LogP contribution < -0.4 is 15.4 Å². The van der Waals surface area contributed by atoms with Crippen molar-refractivity contribution < 1.29 is 14.3 Å². The number of carbonyl (C=O) groups is 2. The molecule has 0 heterocycles. The van der Waals surface area contributed by atoms with Gasteiger partial charge in [0.2, 0.25) is 5.91 Å². The molecule has 2 rings (SSSR count). The molecule has 2 aromatic carbocycles. The Morgan fingerprint density at radius 3 is 2.58 bits per heavy atom. The Kier molecular flexibility index (Phi) is 7.81. The number of halogens is 1. The SMILES string of the molecule is COc1cccc(NC(=O)[C@@H](CCSC)NC(=O)c2ccc(Cl)cc2)c1. The van der Waals surface area contributed by atoms with Crippen LogP contribution in [0.1, 0.15) is 16.8 Å². The van der Waals surface area contributed by atoms with Gasteiger partial charge in [-0.15, -0.1) is 0 Å². The van der Waals surface area contributed by atoms with Crippen LogP contribution in [0.5, 0.6) is 5.75 Å². The Labute approximate surface area is 162 Å². The molecular weight excluding hydrogens is 372 g/mol. The van der Waals surface area contributed by atoms with Crippen LogP contribution in [0.2, 0.25) is 5.02 Å². The van der Waals surface area contributed by atoms with Crippen molar-refractivity contribution in [3.8, 4) is 5.75 Å². The lowest BCUT2D eigenvalue weighted by Gasteiger charge is -2.18. The minimum absolute atomic E-state index is 0.269. The van der Waals surface area contributed by atoms with E-state index in [0.717, 1.165) is 5.75 Å². The van der Waals surface area contributed by atoms with Gasteiger partial charge in [0.25, 0.3) is 5.91 Å². The quantitative estimate of drug-likeness (QED) is 0.716. The number of ether oxygens (including phenoxy) is 1. The zero-order valence-electron chi connectivity index (χ0n) is 14.6. The van der Waals surface area contributed by atoms with Crippen LogP contribution >= 0.6 is 23.4 Å². The molecule has 0 aromatic heterocycles. The van der Waals surface area contributed by atoms with Gasteiger partial charge in [-0.05, 0) is 54.8 Å². The zero-order valence-corrected chi connectivity index (χ0v) is 16.2. The van der Waals surface area contributed by atoms with E-state index < -0.39 is 6.04 Å². The van der Waals surface area contributed by atoms with E-state index in [1.807, 2.05) is 6.26 Å². The molecule has 0 saturated carbocycles. The van der Waals surface area contributed by atoms with Gasteiger partial charge in [0.05, 0.1) is 7.11 Å². The molecule has 7 heteroatoms. The van der Waals surface area contributed by atoms with Crippen molar-refractivity contribution >= 4 is 40.9 Å². The third kappa shape index (κ3) is 5.97. The normalized spacial score (nSPS) is 11.5. The van der Waals surface area contributed by atoms with Gasteiger partial charge in [0.1, 0.15) is 11.8 Å². The van der Waals surface area contributed by atoms with Gasteiger partial charge in [0, 0.05) is 22.3 Å². The second-order valence-corrected chi connectivity index (χ2v) is 6.96. The highest BCUT2D eigenvalue weighted by atomic mass is 35.5. The molecule has 1 atom stereocenters. The van der Waals surface area contributed by atoms with Crippen LogP contribution in [0.15, 0.2) is 48.5 Å². The van der Waals surface area contributed by atoms with Crippen molar-refractivity contribution in [1.82, 2.24) is 5.32 Å². The number of hydrogen-bond acceptors (Lipinski definition) is 4. The Bertz CT molecular complexity index is 753. The molecule has 0 radical (unpaired) electrons. The molecule has 0 saturated heterocycles. The number of hydrogen-bond donors (Lipinski definition) is 2. The number of benzene rings is 2. The molecular formula is C19H21ClN2O3S. The van der Waals surface area contributed by atoms with Crippen LogP contribution in [0.3, 0.4) is 0 Å². The van der Waals surface area contributed by atoms with Gasteiger partial charge in [-0.3, -0.25) is 9.59 Å². The van der Waals surface area contributed by atoms with E-state index in [1.165, 1.54) is 0 Å². The standard InChI is InChI=1S/C19H21ClN2O3S/c1-25-16-5-3-4-15(12-16)21-19(24)17(10-11-26-2)22-18(23)13-6-8-14(20)9-7-13/h3-9,12,17H,10-11H2,1-2H3,(H,21,24)(H,22,23)/t17-/m1/s1. The van der Waals surface area contributed by atoms with Crippen molar-refractivity contribution in [3.63, 3.8) is 0 Å². The molecule has 26 heavy (non-hydrogen) atoms. The summed E-state index contributed by atoms with van der Waals surface area (Å²) in [6, 6.07) is 13.0. The molecule has 2 aromatic rings. The van der Waals surface area contributed by atoms with Crippen molar-refractivity contribution in [2.24, 2.45) is 0 Å². The fourth-order valence-electron chi connectivity index (χ4n) is 2.28. The number of nitrogens with one attached hydrogen (secondary N) is 2. The predicted molar refractivity (Wildman–Crippen MR) is 107 cm³/mol. The highest BCUT2D eigenvalue weighted by molar-refractivity contribution is 7.98. The minimum atomic E-state index is -0.642. The summed E-state index contributed by atoms with van der Waals surface area (Å²) < 4.78 is 5.16. The van der Waals surface area contributed by atoms with Crippen LogP contribution in [0, 0.1) is 0 Å². The molecule has 2 N–H and O–H groups in total. The third-order valence-corrected chi connectivity index (χ3v) is 4.57. The average Bonchev–Trinajstić information content (AvgIpc) is 2.65. The largest absolute Gasteiger partial charge is 0.497 e. The Morgan fingerprint density at radius 1 is 1.19 bits per heavy atom. The highest BCUT2D eigenvalue weighted by Crippen LogP contribution is 2.17. The second kappa shape index (κ2) is 10.1. The van der Waals surface area contributed by atoms with Gasteiger partial charge >= 0.3 is 0 Å². The lowest BCUT2D eigenvalue weighted by molar-refractivity contribution is -0.118. The van der Waals surface area contributed by atoms with Crippen LogP contribution in [0.25, 0.3) is 0 Å². The van der Waals surface area contributed by atoms with Crippen molar-refractivity contribution in [1.29, 1.82) is 0 Å². The number of methoxy groups -OCH3 is 1. The lowest BCUT2D eigenvalue weighted by atomic mass is 10.1. The smallest absolute Gasteiger partial charge is 0.251 e. The second-order valence-electron chi connectivity index (χ2n) is 5.54. The molecule has 0 aliphatic carbocycles. The lowest BCUT2D eigenvalue weighted by Crippen LogP contribution is -2.44. The first-order valence-corrected chi connectivity index (χ1v) is 9.81. The van der Waals surface area contributed by atoms with E-state index in [-0.39, 0.29) is 11.8 Å². The van der Waals surface area contributed by atoms with Crippen molar-refractivity contribution in [2.75, 3.05) is 24.4 Å². The monoisotopic (exact) mass is 392 g/mol. The summed E-state index contributed by atoms with van der Waals surface area (Å²) >= 11 is 7.46. The van der Waals surface area contributed by atoms with Gasteiger partial charge in [0.15, 0.2) is 0 Å². The summed E-state index contributed by atoms with van der Waals surface area (Å²) in [5.41, 5.74) is 1.07. The first kappa shape index (κ1) is 20.1. The summed E-state index contributed by atoms with van der Waals surface area (Å²) in [7, 11) is 1.56. The maximum absolute atomic E-state index is 12.6. The third-order valence-electron chi connectivity index (χ3n) is 3.68. The van der Waals surface area contributed by atoms with E-state index in [1.54, 1.807) is 67.4 Å². The minimum Gasteiger partial charge on any atom is -0.497 e. The summed E-state index contributed by atoms with van der Waals surface area (Å²) in [6.45, 7) is 0. The average molecular weight is 393 g/mol. The maximum Gasteiger partial charge on any atom is 0.251 e. The topological polar surface area (TPSA) is 67.4 Å².